The van der Waals surface area contributed by atoms with Crippen LogP contribution in [0.25, 0.3) is 0 Å². The second-order valence-electron chi connectivity index (χ2n) is 10.7. The number of hydrogen-bond donors (Lipinski definition) is 0. The first-order valence-electron chi connectivity index (χ1n) is 13.7. The van der Waals surface area contributed by atoms with Crippen molar-refractivity contribution in [3.8, 4) is 0 Å². The van der Waals surface area contributed by atoms with Gasteiger partial charge in [-0.2, -0.15) is 0 Å². The molecule has 0 spiro atoms. The largest absolute Gasteiger partial charge is 0.379 e. The molecule has 210 valence electrons. The number of aryl methyl sites for hydroxylation is 1. The Hall–Kier alpha value is -3.01. The number of morpholine rings is 1. The van der Waals surface area contributed by atoms with Gasteiger partial charge in [0.05, 0.1) is 43.9 Å². The highest BCUT2D eigenvalue weighted by molar-refractivity contribution is 7.90. The maximum absolute atomic E-state index is 13.6. The fourth-order valence-corrected chi connectivity index (χ4v) is 6.21. The predicted octanol–water partition coefficient (Wildman–Crippen LogP) is 3.92. The van der Waals surface area contributed by atoms with Gasteiger partial charge >= 0.3 is 0 Å². The molecule has 0 bridgehead atoms. The first-order chi connectivity index (χ1) is 18.7. The van der Waals surface area contributed by atoms with E-state index < -0.39 is 9.84 Å². The maximum atomic E-state index is 13.6. The highest BCUT2D eigenvalue weighted by Crippen LogP contribution is 2.21. The lowest BCUT2D eigenvalue weighted by Gasteiger charge is -2.30. The van der Waals surface area contributed by atoms with Gasteiger partial charge in [0, 0.05) is 32.6 Å². The van der Waals surface area contributed by atoms with Crippen molar-refractivity contribution in [1.82, 2.24) is 19.4 Å². The number of aromatic nitrogens is 2. The van der Waals surface area contributed by atoms with Gasteiger partial charge < -0.3 is 14.2 Å². The van der Waals surface area contributed by atoms with Crippen LogP contribution in [0.1, 0.15) is 42.7 Å². The summed E-state index contributed by atoms with van der Waals surface area (Å²) in [6, 6.07) is 17.3. The number of hydrogen-bond acceptors (Lipinski definition) is 6. The SMILES string of the molecule is Cc1ccc(CS(=O)(=O)c2ncc(CN(CCN3CCOCC3)C(=O)CC(C)C)n2Cc2ccccc2)cc1. The average molecular weight is 553 g/mol. The lowest BCUT2D eigenvalue weighted by molar-refractivity contribution is -0.133. The quantitative estimate of drug-likeness (QED) is 0.339. The fourth-order valence-electron chi connectivity index (χ4n) is 4.72. The Labute approximate surface area is 232 Å². The molecule has 39 heavy (non-hydrogen) atoms. The number of rotatable bonds is 12. The van der Waals surface area contributed by atoms with Crippen LogP contribution in [0.4, 0.5) is 0 Å². The molecular weight excluding hydrogens is 512 g/mol. The zero-order valence-electron chi connectivity index (χ0n) is 23.3. The van der Waals surface area contributed by atoms with Crippen LogP contribution in [0.5, 0.6) is 0 Å². The molecule has 4 rings (SSSR count). The van der Waals surface area contributed by atoms with Gasteiger partial charge in [0.25, 0.3) is 0 Å². The van der Waals surface area contributed by atoms with E-state index in [1.54, 1.807) is 10.8 Å². The van der Waals surface area contributed by atoms with Crippen LogP contribution in [0, 0.1) is 12.8 Å². The smallest absolute Gasteiger partial charge is 0.228 e. The third-order valence-electron chi connectivity index (χ3n) is 6.92. The van der Waals surface area contributed by atoms with Crippen molar-refractivity contribution in [2.45, 2.75) is 51.2 Å². The van der Waals surface area contributed by atoms with Gasteiger partial charge in [0.2, 0.25) is 20.9 Å². The average Bonchev–Trinajstić information content (AvgIpc) is 3.31. The zero-order chi connectivity index (χ0) is 27.8. The molecule has 0 atom stereocenters. The summed E-state index contributed by atoms with van der Waals surface area (Å²) in [6.45, 7) is 11.1. The Morgan fingerprint density at radius 2 is 1.72 bits per heavy atom. The number of carbonyl (C=O) groups is 1. The third kappa shape index (κ3) is 8.24. The topological polar surface area (TPSA) is 84.7 Å². The van der Waals surface area contributed by atoms with Crippen LogP contribution in [-0.2, 0) is 38.2 Å². The minimum Gasteiger partial charge on any atom is -0.379 e. The second-order valence-corrected chi connectivity index (χ2v) is 12.6. The Morgan fingerprint density at radius 3 is 2.38 bits per heavy atom. The number of imidazole rings is 1. The van der Waals surface area contributed by atoms with E-state index in [9.17, 15) is 13.2 Å². The summed E-state index contributed by atoms with van der Waals surface area (Å²) in [7, 11) is -3.73. The van der Waals surface area contributed by atoms with Gasteiger partial charge in [0.1, 0.15) is 0 Å². The summed E-state index contributed by atoms with van der Waals surface area (Å²) in [6.07, 6.45) is 2.06. The van der Waals surface area contributed by atoms with Crippen LogP contribution in [0.15, 0.2) is 66.0 Å². The predicted molar refractivity (Wildman–Crippen MR) is 152 cm³/mol. The Bertz CT molecular complexity index is 1310. The van der Waals surface area contributed by atoms with Gasteiger partial charge in [-0.25, -0.2) is 13.4 Å². The van der Waals surface area contributed by atoms with E-state index in [0.717, 1.165) is 36.3 Å². The molecule has 1 aliphatic rings. The minimum atomic E-state index is -3.73. The molecule has 1 saturated heterocycles. The lowest BCUT2D eigenvalue weighted by Crippen LogP contribution is -2.43. The molecular formula is C30H40N4O4S. The van der Waals surface area contributed by atoms with E-state index in [0.29, 0.717) is 45.0 Å². The van der Waals surface area contributed by atoms with Gasteiger partial charge in [-0.1, -0.05) is 74.0 Å². The monoisotopic (exact) mass is 552 g/mol. The molecule has 1 aromatic heterocycles. The summed E-state index contributed by atoms with van der Waals surface area (Å²) in [5.74, 6) is 0.156. The molecule has 2 heterocycles. The van der Waals surface area contributed by atoms with E-state index in [-0.39, 0.29) is 22.7 Å². The number of nitrogens with zero attached hydrogens (tertiary/aromatic N) is 4. The summed E-state index contributed by atoms with van der Waals surface area (Å²) in [5, 5.41) is 0.0337. The molecule has 0 saturated carbocycles. The summed E-state index contributed by atoms with van der Waals surface area (Å²) in [5.41, 5.74) is 3.47. The van der Waals surface area contributed by atoms with Crippen molar-refractivity contribution >= 4 is 15.7 Å². The molecule has 2 aromatic carbocycles. The maximum Gasteiger partial charge on any atom is 0.228 e. The van der Waals surface area contributed by atoms with Crippen molar-refractivity contribution in [1.29, 1.82) is 0 Å². The van der Waals surface area contributed by atoms with E-state index >= 15 is 0 Å². The number of sulfone groups is 1. The van der Waals surface area contributed by atoms with Crippen LogP contribution in [0.2, 0.25) is 0 Å². The van der Waals surface area contributed by atoms with Crippen molar-refractivity contribution in [2.24, 2.45) is 5.92 Å². The molecule has 0 radical (unpaired) electrons. The number of carbonyl (C=O) groups excluding carboxylic acids is 1. The molecule has 1 fully saturated rings. The summed E-state index contributed by atoms with van der Waals surface area (Å²) < 4.78 is 34.5. The van der Waals surface area contributed by atoms with Crippen molar-refractivity contribution in [3.63, 3.8) is 0 Å². The summed E-state index contributed by atoms with van der Waals surface area (Å²) in [4.78, 5) is 21.9. The van der Waals surface area contributed by atoms with Crippen molar-refractivity contribution < 1.29 is 17.9 Å². The van der Waals surface area contributed by atoms with Crippen molar-refractivity contribution in [3.05, 3.63) is 83.2 Å². The zero-order valence-corrected chi connectivity index (χ0v) is 24.1. The van der Waals surface area contributed by atoms with Crippen LogP contribution in [0.3, 0.4) is 0 Å². The third-order valence-corrected chi connectivity index (χ3v) is 8.51. The van der Waals surface area contributed by atoms with E-state index in [1.807, 2.05) is 80.3 Å². The molecule has 0 unspecified atom stereocenters. The molecule has 0 aliphatic carbocycles. The van der Waals surface area contributed by atoms with Crippen molar-refractivity contribution in [2.75, 3.05) is 39.4 Å². The molecule has 8 nitrogen and oxygen atoms in total. The lowest BCUT2D eigenvalue weighted by atomic mass is 10.1. The molecule has 1 amide bonds. The number of benzene rings is 2. The van der Waals surface area contributed by atoms with E-state index in [2.05, 4.69) is 9.88 Å². The Balaban J connectivity index is 1.63. The first kappa shape index (κ1) is 29.0. The second kappa shape index (κ2) is 13.4. The molecule has 9 heteroatoms. The highest BCUT2D eigenvalue weighted by atomic mass is 32.2. The molecule has 3 aromatic rings. The fraction of sp³-hybridized carbons (Fsp3) is 0.467. The minimum absolute atomic E-state index is 0.0337. The van der Waals surface area contributed by atoms with E-state index in [1.165, 1.54) is 0 Å². The summed E-state index contributed by atoms with van der Waals surface area (Å²) >= 11 is 0. The van der Waals surface area contributed by atoms with Crippen LogP contribution < -0.4 is 0 Å². The number of amides is 1. The number of ether oxygens (including phenoxy) is 1. The highest BCUT2D eigenvalue weighted by Gasteiger charge is 2.26. The van der Waals surface area contributed by atoms with Crippen LogP contribution in [-0.4, -0.2) is 73.1 Å². The first-order valence-corrected chi connectivity index (χ1v) is 15.3. The van der Waals surface area contributed by atoms with Gasteiger partial charge in [-0.3, -0.25) is 9.69 Å². The van der Waals surface area contributed by atoms with E-state index in [4.69, 9.17) is 4.74 Å². The standard InChI is InChI=1S/C30H40N4O4S/c1-24(2)19-29(35)33(14-13-32-15-17-38-18-16-32)22-28-20-31-30(34(28)21-26-7-5-4-6-8-26)39(36,37)23-27-11-9-25(3)10-12-27/h4-12,20,24H,13-19,21-23H2,1-3H3. The van der Waals surface area contributed by atoms with Crippen LogP contribution >= 0.6 is 0 Å². The molecule has 0 N–H and O–H groups in total. The Kier molecular flexibility index (Phi) is 9.94. The molecule has 1 aliphatic heterocycles. The normalized spacial score (nSPS) is 14.6. The van der Waals surface area contributed by atoms with Gasteiger partial charge in [-0.05, 0) is 24.0 Å². The Morgan fingerprint density at radius 1 is 1.03 bits per heavy atom. The van der Waals surface area contributed by atoms with Gasteiger partial charge in [0.15, 0.2) is 0 Å². The van der Waals surface area contributed by atoms with Gasteiger partial charge in [-0.15, -0.1) is 0 Å².